The molecule has 5 rings (SSSR count). The summed E-state index contributed by atoms with van der Waals surface area (Å²) in [5.41, 5.74) is 3.73. The molecule has 1 unspecified atom stereocenters. The van der Waals surface area contributed by atoms with Crippen LogP contribution in [-0.2, 0) is 4.79 Å². The summed E-state index contributed by atoms with van der Waals surface area (Å²) in [6.07, 6.45) is 3.40. The summed E-state index contributed by atoms with van der Waals surface area (Å²) in [6, 6.07) is 20.2. The first-order valence-corrected chi connectivity index (χ1v) is 10.5. The molecule has 1 amide bonds. The molecule has 0 fully saturated rings. The topological polar surface area (TPSA) is 94.0 Å². The van der Waals surface area contributed by atoms with Crippen LogP contribution in [0.25, 0.3) is 11.4 Å². The number of para-hydroxylation sites is 1. The molecule has 0 saturated carbocycles. The van der Waals surface area contributed by atoms with Crippen molar-refractivity contribution in [1.82, 2.24) is 19.7 Å². The van der Waals surface area contributed by atoms with E-state index in [1.165, 1.54) is 0 Å². The van der Waals surface area contributed by atoms with E-state index in [2.05, 4.69) is 20.6 Å². The molecule has 0 radical (unpaired) electrons. The second kappa shape index (κ2) is 8.58. The molecule has 33 heavy (non-hydrogen) atoms. The summed E-state index contributed by atoms with van der Waals surface area (Å²) in [7, 11) is 1.62. The Hall–Kier alpha value is -4.46. The van der Waals surface area contributed by atoms with Gasteiger partial charge < -0.3 is 15.4 Å². The van der Waals surface area contributed by atoms with Gasteiger partial charge >= 0.3 is 0 Å². The van der Waals surface area contributed by atoms with E-state index in [1.807, 2.05) is 73.7 Å². The molecule has 8 heteroatoms. The smallest absolute Gasteiger partial charge is 0.255 e. The molecule has 164 valence electrons. The molecule has 0 spiro atoms. The zero-order valence-electron chi connectivity index (χ0n) is 18.2. The van der Waals surface area contributed by atoms with E-state index in [-0.39, 0.29) is 5.91 Å². The van der Waals surface area contributed by atoms with Gasteiger partial charge in [0, 0.05) is 29.3 Å². The van der Waals surface area contributed by atoms with Gasteiger partial charge in [-0.15, -0.1) is 5.10 Å². The molecule has 3 heterocycles. The molecule has 1 aliphatic rings. The Labute approximate surface area is 191 Å². The number of carbonyl (C=O) groups excluding carboxylic acids is 1. The highest BCUT2D eigenvalue weighted by molar-refractivity contribution is 6.06. The minimum atomic E-state index is -0.473. The molecule has 2 aromatic heterocycles. The zero-order chi connectivity index (χ0) is 22.8. The fourth-order valence-corrected chi connectivity index (χ4v) is 3.88. The predicted octanol–water partition coefficient (Wildman–Crippen LogP) is 4.28. The molecule has 0 bridgehead atoms. The number of methoxy groups -OCH3 is 1. The third kappa shape index (κ3) is 3.94. The van der Waals surface area contributed by atoms with E-state index in [9.17, 15) is 4.79 Å². The Morgan fingerprint density at radius 1 is 1.03 bits per heavy atom. The number of allylic oxidation sites excluding steroid dienone is 1. The number of benzene rings is 2. The number of carbonyl (C=O) groups is 1. The van der Waals surface area contributed by atoms with Crippen LogP contribution in [0.5, 0.6) is 5.75 Å². The van der Waals surface area contributed by atoms with E-state index in [4.69, 9.17) is 9.84 Å². The van der Waals surface area contributed by atoms with Gasteiger partial charge in [0.25, 0.3) is 5.91 Å². The van der Waals surface area contributed by atoms with Gasteiger partial charge in [-0.05, 0) is 48.9 Å². The second-order valence-corrected chi connectivity index (χ2v) is 7.60. The third-order valence-corrected chi connectivity index (χ3v) is 5.50. The maximum Gasteiger partial charge on any atom is 0.255 e. The average Bonchev–Trinajstić information content (AvgIpc) is 3.28. The van der Waals surface area contributed by atoms with E-state index < -0.39 is 6.04 Å². The number of nitrogens with one attached hydrogen (secondary N) is 2. The summed E-state index contributed by atoms with van der Waals surface area (Å²) in [6.45, 7) is 1.88. The Kier molecular flexibility index (Phi) is 5.32. The van der Waals surface area contributed by atoms with Crippen molar-refractivity contribution in [3.63, 3.8) is 0 Å². The molecule has 0 aliphatic carbocycles. The Morgan fingerprint density at radius 3 is 2.45 bits per heavy atom. The number of hydrogen-bond donors (Lipinski definition) is 2. The fraction of sp³-hybridized carbons (Fsp3) is 0.120. The van der Waals surface area contributed by atoms with Gasteiger partial charge in [-0.3, -0.25) is 9.78 Å². The number of nitrogens with zero attached hydrogens (tertiary/aromatic N) is 4. The van der Waals surface area contributed by atoms with Crippen LogP contribution in [0.15, 0.2) is 90.4 Å². The van der Waals surface area contributed by atoms with Gasteiger partial charge in [0.05, 0.1) is 12.7 Å². The molecule has 1 aliphatic heterocycles. The summed E-state index contributed by atoms with van der Waals surface area (Å²) in [4.78, 5) is 22.2. The third-order valence-electron chi connectivity index (χ3n) is 5.50. The predicted molar refractivity (Wildman–Crippen MR) is 126 cm³/mol. The van der Waals surface area contributed by atoms with Crippen molar-refractivity contribution in [2.45, 2.75) is 13.0 Å². The minimum absolute atomic E-state index is 0.210. The van der Waals surface area contributed by atoms with Crippen molar-refractivity contribution >= 4 is 17.5 Å². The molecule has 2 N–H and O–H groups in total. The lowest BCUT2D eigenvalue weighted by atomic mass is 9.95. The monoisotopic (exact) mass is 438 g/mol. The van der Waals surface area contributed by atoms with Crippen LogP contribution in [0.3, 0.4) is 0 Å². The van der Waals surface area contributed by atoms with Gasteiger partial charge in [-0.25, -0.2) is 4.68 Å². The lowest BCUT2D eigenvalue weighted by molar-refractivity contribution is -0.113. The second-order valence-electron chi connectivity index (χ2n) is 7.60. The number of pyridine rings is 1. The van der Waals surface area contributed by atoms with Gasteiger partial charge in [0.2, 0.25) is 5.95 Å². The number of amides is 1. The van der Waals surface area contributed by atoms with Crippen LogP contribution in [0.1, 0.15) is 18.5 Å². The van der Waals surface area contributed by atoms with Crippen LogP contribution in [0, 0.1) is 0 Å². The number of ether oxygens (including phenoxy) is 1. The van der Waals surface area contributed by atoms with Gasteiger partial charge in [0.15, 0.2) is 5.82 Å². The van der Waals surface area contributed by atoms with Crippen LogP contribution in [0.2, 0.25) is 0 Å². The van der Waals surface area contributed by atoms with Crippen LogP contribution >= 0.6 is 0 Å². The number of hydrogen-bond acceptors (Lipinski definition) is 6. The largest absolute Gasteiger partial charge is 0.497 e. The first-order chi connectivity index (χ1) is 16.1. The highest BCUT2D eigenvalue weighted by atomic mass is 16.5. The average molecular weight is 438 g/mol. The van der Waals surface area contributed by atoms with Gasteiger partial charge in [0.1, 0.15) is 11.8 Å². The minimum Gasteiger partial charge on any atom is -0.497 e. The highest BCUT2D eigenvalue weighted by Gasteiger charge is 2.34. The standard InChI is InChI=1S/C25H22N6O2/c1-16-21(24(32)28-19-6-4-3-5-7-19)22(17-8-10-20(33-2)11-9-17)31-25(27-16)29-23(30-31)18-12-14-26-15-13-18/h3-15,22H,1-2H3,(H,28,32)(H,27,29,30). The van der Waals surface area contributed by atoms with Crippen molar-refractivity contribution in [3.8, 4) is 17.1 Å². The van der Waals surface area contributed by atoms with Crippen LogP contribution in [-0.4, -0.2) is 32.8 Å². The van der Waals surface area contributed by atoms with Crippen LogP contribution in [0.4, 0.5) is 11.6 Å². The molecule has 0 saturated heterocycles. The normalized spacial score (nSPS) is 14.9. The van der Waals surface area contributed by atoms with Crippen molar-refractivity contribution in [1.29, 1.82) is 0 Å². The van der Waals surface area contributed by atoms with Crippen molar-refractivity contribution in [3.05, 3.63) is 96.0 Å². The Balaban J connectivity index is 1.60. The van der Waals surface area contributed by atoms with Gasteiger partial charge in [-0.2, -0.15) is 4.98 Å². The highest BCUT2D eigenvalue weighted by Crippen LogP contribution is 2.37. The summed E-state index contributed by atoms with van der Waals surface area (Å²) in [5, 5.41) is 11.0. The maximum absolute atomic E-state index is 13.5. The van der Waals surface area contributed by atoms with Crippen molar-refractivity contribution in [2.75, 3.05) is 17.7 Å². The van der Waals surface area contributed by atoms with E-state index in [0.717, 1.165) is 22.6 Å². The molecule has 1 atom stereocenters. The maximum atomic E-state index is 13.5. The number of fused-ring (bicyclic) bond motifs is 1. The molecule has 4 aromatic rings. The fourth-order valence-electron chi connectivity index (χ4n) is 3.88. The molecular formula is C25H22N6O2. The Bertz CT molecular complexity index is 1310. The van der Waals surface area contributed by atoms with Crippen molar-refractivity contribution in [2.24, 2.45) is 0 Å². The lowest BCUT2D eigenvalue weighted by Gasteiger charge is -2.28. The Morgan fingerprint density at radius 2 is 1.76 bits per heavy atom. The van der Waals surface area contributed by atoms with E-state index >= 15 is 0 Å². The number of rotatable bonds is 5. The van der Waals surface area contributed by atoms with Gasteiger partial charge in [-0.1, -0.05) is 30.3 Å². The number of anilines is 2. The van der Waals surface area contributed by atoms with Crippen molar-refractivity contribution < 1.29 is 9.53 Å². The summed E-state index contributed by atoms with van der Waals surface area (Å²) in [5.74, 6) is 1.64. The van der Waals surface area contributed by atoms with E-state index in [0.29, 0.717) is 23.0 Å². The zero-order valence-corrected chi connectivity index (χ0v) is 18.2. The first-order valence-electron chi connectivity index (χ1n) is 10.5. The molecule has 2 aromatic carbocycles. The summed E-state index contributed by atoms with van der Waals surface area (Å²) < 4.78 is 7.07. The number of aromatic nitrogens is 4. The quantitative estimate of drug-likeness (QED) is 0.483. The molecule has 8 nitrogen and oxygen atoms in total. The molecular weight excluding hydrogens is 416 g/mol. The SMILES string of the molecule is COc1ccc(C2C(C(=O)Nc3ccccc3)=C(C)Nc3nc(-c4ccncc4)nn32)cc1. The first kappa shape index (κ1) is 20.4. The van der Waals surface area contributed by atoms with E-state index in [1.54, 1.807) is 24.2 Å². The lowest BCUT2D eigenvalue weighted by Crippen LogP contribution is -2.31. The summed E-state index contributed by atoms with van der Waals surface area (Å²) >= 11 is 0. The van der Waals surface area contributed by atoms with Crippen LogP contribution < -0.4 is 15.4 Å².